The van der Waals surface area contributed by atoms with E-state index >= 15 is 0 Å². The lowest BCUT2D eigenvalue weighted by atomic mass is 10.1. The lowest BCUT2D eigenvalue weighted by Gasteiger charge is -2.07. The molecule has 0 aliphatic rings. The molecule has 2 aromatic heterocycles. The van der Waals surface area contributed by atoms with E-state index in [-0.39, 0.29) is 16.3 Å². The number of aromatic nitrogens is 3. The summed E-state index contributed by atoms with van der Waals surface area (Å²) in [5, 5.41) is 13.7. The molecule has 28 heavy (non-hydrogen) atoms. The number of imidazole rings is 1. The number of nitro benzene ring substituents is 1. The summed E-state index contributed by atoms with van der Waals surface area (Å²) in [7, 11) is 0. The van der Waals surface area contributed by atoms with Crippen LogP contribution < -0.4 is 5.32 Å². The Kier molecular flexibility index (Phi) is 4.46. The lowest BCUT2D eigenvalue weighted by Crippen LogP contribution is -2.12. The van der Waals surface area contributed by atoms with E-state index in [4.69, 9.17) is 11.6 Å². The number of nitrogens with zero attached hydrogens (tertiary/aromatic N) is 4. The van der Waals surface area contributed by atoms with Gasteiger partial charge in [-0.3, -0.25) is 19.3 Å². The fraction of sp³-hybridized carbons (Fsp3) is 0. The van der Waals surface area contributed by atoms with E-state index in [1.165, 1.54) is 12.1 Å². The molecule has 2 aromatic carbocycles. The first-order chi connectivity index (χ1) is 13.5. The molecule has 0 saturated heterocycles. The van der Waals surface area contributed by atoms with Crippen molar-refractivity contribution in [2.75, 3.05) is 5.32 Å². The van der Waals surface area contributed by atoms with Crippen molar-refractivity contribution in [3.05, 3.63) is 87.8 Å². The molecular weight excluding hydrogens is 382 g/mol. The van der Waals surface area contributed by atoms with Crippen molar-refractivity contribution in [2.24, 2.45) is 0 Å². The average Bonchev–Trinajstić information content (AvgIpc) is 3.13. The highest BCUT2D eigenvalue weighted by molar-refractivity contribution is 6.34. The number of benzene rings is 2. The van der Waals surface area contributed by atoms with E-state index in [1.807, 2.05) is 35.0 Å². The molecule has 2 heterocycles. The Morgan fingerprint density at radius 2 is 1.96 bits per heavy atom. The number of halogens is 1. The smallest absolute Gasteiger partial charge is 0.270 e. The standard InChI is InChI=1S/C19H12ClN5O3/c20-16-7-6-14(25(27)28)10-15(16)18(26)22-13-4-2-12(3-5-13)17-11-24-9-1-8-21-19(24)23-17/h1-11H,(H,22,26). The minimum atomic E-state index is -0.578. The van der Waals surface area contributed by atoms with Gasteiger partial charge in [0, 0.05) is 42.0 Å². The third kappa shape index (κ3) is 3.40. The molecule has 0 radical (unpaired) electrons. The molecule has 4 aromatic rings. The quantitative estimate of drug-likeness (QED) is 0.413. The lowest BCUT2D eigenvalue weighted by molar-refractivity contribution is -0.384. The van der Waals surface area contributed by atoms with Gasteiger partial charge in [0.15, 0.2) is 0 Å². The Morgan fingerprint density at radius 1 is 1.18 bits per heavy atom. The predicted octanol–water partition coefficient (Wildman–Crippen LogP) is 4.21. The second kappa shape index (κ2) is 7.09. The molecule has 4 rings (SSSR count). The highest BCUT2D eigenvalue weighted by Crippen LogP contribution is 2.24. The number of nitrogens with one attached hydrogen (secondary N) is 1. The third-order valence-corrected chi connectivity index (χ3v) is 4.41. The molecular formula is C19H12ClN5O3. The summed E-state index contributed by atoms with van der Waals surface area (Å²) >= 11 is 6.01. The zero-order chi connectivity index (χ0) is 19.7. The maximum absolute atomic E-state index is 12.4. The second-order valence-corrected chi connectivity index (χ2v) is 6.31. The van der Waals surface area contributed by atoms with Crippen molar-refractivity contribution >= 4 is 34.7 Å². The average molecular weight is 394 g/mol. The van der Waals surface area contributed by atoms with E-state index in [0.717, 1.165) is 17.3 Å². The number of carbonyl (C=O) groups is 1. The Hall–Kier alpha value is -3.78. The molecule has 0 spiro atoms. The molecule has 0 unspecified atom stereocenters. The maximum Gasteiger partial charge on any atom is 0.270 e. The maximum atomic E-state index is 12.4. The number of hydrogen-bond acceptors (Lipinski definition) is 5. The SMILES string of the molecule is O=C(Nc1ccc(-c2cn3cccnc3n2)cc1)c1cc([N+](=O)[O-])ccc1Cl. The van der Waals surface area contributed by atoms with Crippen LogP contribution in [0.25, 0.3) is 17.0 Å². The van der Waals surface area contributed by atoms with Gasteiger partial charge in [0.25, 0.3) is 11.6 Å². The molecule has 0 fully saturated rings. The summed E-state index contributed by atoms with van der Waals surface area (Å²) in [6.45, 7) is 0. The van der Waals surface area contributed by atoms with Gasteiger partial charge in [-0.25, -0.2) is 9.97 Å². The molecule has 0 saturated carbocycles. The molecule has 0 aliphatic carbocycles. The van der Waals surface area contributed by atoms with Crippen molar-refractivity contribution < 1.29 is 9.72 Å². The number of anilines is 1. The molecule has 138 valence electrons. The zero-order valence-electron chi connectivity index (χ0n) is 14.2. The van der Waals surface area contributed by atoms with Crippen LogP contribution in [0.15, 0.2) is 67.1 Å². The van der Waals surface area contributed by atoms with Crippen molar-refractivity contribution in [3.63, 3.8) is 0 Å². The number of rotatable bonds is 4. The van der Waals surface area contributed by atoms with Crippen molar-refractivity contribution in [1.82, 2.24) is 14.4 Å². The molecule has 0 aliphatic heterocycles. The summed E-state index contributed by atoms with van der Waals surface area (Å²) in [6, 6.07) is 12.6. The van der Waals surface area contributed by atoms with Crippen molar-refractivity contribution in [3.8, 4) is 11.3 Å². The van der Waals surface area contributed by atoms with Crippen LogP contribution in [0.4, 0.5) is 11.4 Å². The molecule has 0 bridgehead atoms. The first-order valence-corrected chi connectivity index (χ1v) is 8.54. The van der Waals surface area contributed by atoms with Gasteiger partial charge < -0.3 is 5.32 Å². The van der Waals surface area contributed by atoms with Crippen LogP contribution in [0, 0.1) is 10.1 Å². The van der Waals surface area contributed by atoms with Crippen molar-refractivity contribution in [1.29, 1.82) is 0 Å². The van der Waals surface area contributed by atoms with Gasteiger partial charge in [0.05, 0.1) is 21.2 Å². The van der Waals surface area contributed by atoms with E-state index in [2.05, 4.69) is 15.3 Å². The molecule has 9 heteroatoms. The number of amides is 1. The second-order valence-electron chi connectivity index (χ2n) is 5.91. The van der Waals surface area contributed by atoms with Crippen LogP contribution in [0.1, 0.15) is 10.4 Å². The van der Waals surface area contributed by atoms with Crippen LogP contribution in [0.2, 0.25) is 5.02 Å². The van der Waals surface area contributed by atoms with Crippen molar-refractivity contribution in [2.45, 2.75) is 0 Å². The number of carbonyl (C=O) groups excluding carboxylic acids is 1. The summed E-state index contributed by atoms with van der Waals surface area (Å²) in [6.07, 6.45) is 5.39. The number of non-ortho nitro benzene ring substituents is 1. The van der Waals surface area contributed by atoms with Gasteiger partial charge in [-0.05, 0) is 24.3 Å². The van der Waals surface area contributed by atoms with E-state index < -0.39 is 10.8 Å². The molecule has 0 atom stereocenters. The van der Waals surface area contributed by atoms with Gasteiger partial charge >= 0.3 is 0 Å². The van der Waals surface area contributed by atoms with Crippen LogP contribution >= 0.6 is 11.6 Å². The summed E-state index contributed by atoms with van der Waals surface area (Å²) in [4.78, 5) is 31.4. The fourth-order valence-electron chi connectivity index (χ4n) is 2.69. The highest BCUT2D eigenvalue weighted by Gasteiger charge is 2.16. The Bertz CT molecular complexity index is 1170. The minimum absolute atomic E-state index is 0.0337. The Labute approximate surface area is 163 Å². The fourth-order valence-corrected chi connectivity index (χ4v) is 2.90. The normalized spacial score (nSPS) is 10.8. The predicted molar refractivity (Wildman–Crippen MR) is 104 cm³/mol. The van der Waals surface area contributed by atoms with E-state index in [9.17, 15) is 14.9 Å². The summed E-state index contributed by atoms with van der Waals surface area (Å²) < 4.78 is 1.81. The molecule has 1 N–H and O–H groups in total. The van der Waals surface area contributed by atoms with Gasteiger partial charge in [0.1, 0.15) is 0 Å². The summed E-state index contributed by atoms with van der Waals surface area (Å²) in [5.74, 6) is 0.0635. The van der Waals surface area contributed by atoms with Crippen LogP contribution in [0.3, 0.4) is 0 Å². The number of hydrogen-bond donors (Lipinski definition) is 1. The zero-order valence-corrected chi connectivity index (χ0v) is 15.0. The summed E-state index contributed by atoms with van der Waals surface area (Å²) in [5.41, 5.74) is 1.96. The topological polar surface area (TPSA) is 102 Å². The van der Waals surface area contributed by atoms with Gasteiger partial charge in [-0.1, -0.05) is 23.7 Å². The van der Waals surface area contributed by atoms with Gasteiger partial charge in [-0.2, -0.15) is 0 Å². The number of fused-ring (bicyclic) bond motifs is 1. The van der Waals surface area contributed by atoms with Crippen LogP contribution in [-0.2, 0) is 0 Å². The first-order valence-electron chi connectivity index (χ1n) is 8.17. The van der Waals surface area contributed by atoms with Gasteiger partial charge in [0.2, 0.25) is 5.78 Å². The van der Waals surface area contributed by atoms with Crippen LogP contribution in [-0.4, -0.2) is 25.2 Å². The third-order valence-electron chi connectivity index (χ3n) is 4.08. The monoisotopic (exact) mass is 393 g/mol. The number of nitro groups is 1. The molecule has 1 amide bonds. The van der Waals surface area contributed by atoms with Crippen LogP contribution in [0.5, 0.6) is 0 Å². The van der Waals surface area contributed by atoms with E-state index in [1.54, 1.807) is 18.3 Å². The van der Waals surface area contributed by atoms with E-state index in [0.29, 0.717) is 11.5 Å². The largest absolute Gasteiger partial charge is 0.322 e. The highest BCUT2D eigenvalue weighted by atomic mass is 35.5. The van der Waals surface area contributed by atoms with Gasteiger partial charge in [-0.15, -0.1) is 0 Å². The Balaban J connectivity index is 1.55. The Morgan fingerprint density at radius 3 is 2.68 bits per heavy atom. The first kappa shape index (κ1) is 17.6. The molecule has 8 nitrogen and oxygen atoms in total. The minimum Gasteiger partial charge on any atom is -0.322 e.